The first-order chi connectivity index (χ1) is 6.18. The summed E-state index contributed by atoms with van der Waals surface area (Å²) in [5.41, 5.74) is 2.48. The first-order valence-corrected chi connectivity index (χ1v) is 5.64. The number of rotatable bonds is 2. The van der Waals surface area contributed by atoms with Gasteiger partial charge < -0.3 is 0 Å². The van der Waals surface area contributed by atoms with Crippen LogP contribution in [-0.2, 0) is 0 Å². The van der Waals surface area contributed by atoms with E-state index in [1.165, 1.54) is 28.7 Å². The van der Waals surface area contributed by atoms with E-state index in [0.29, 0.717) is 5.92 Å². The number of hydrogen-bond acceptors (Lipinski definition) is 1. The molecule has 0 unspecified atom stereocenters. The third kappa shape index (κ3) is 1.93. The molecule has 1 heterocycles. The number of nitrogens with zero attached hydrogens (tertiary/aromatic N) is 1. The Bertz CT molecular complexity index is 316. The summed E-state index contributed by atoms with van der Waals surface area (Å²) >= 11 is 3.56. The Morgan fingerprint density at radius 2 is 2.08 bits per heavy atom. The first kappa shape index (κ1) is 9.20. The minimum absolute atomic E-state index is 0.533. The molecule has 2 rings (SSSR count). The highest BCUT2D eigenvalue weighted by molar-refractivity contribution is 9.10. The lowest BCUT2D eigenvalue weighted by atomic mass is 10.1. The summed E-state index contributed by atoms with van der Waals surface area (Å²) < 4.78 is 1.18. The van der Waals surface area contributed by atoms with Gasteiger partial charge in [-0.25, -0.2) is 0 Å². The summed E-state index contributed by atoms with van der Waals surface area (Å²) in [6, 6.07) is 4.25. The van der Waals surface area contributed by atoms with Crippen LogP contribution >= 0.6 is 15.9 Å². The molecular weight excluding hydrogens is 226 g/mol. The second-order valence-electron chi connectivity index (χ2n) is 4.03. The van der Waals surface area contributed by atoms with Crippen LogP contribution in [0, 0.1) is 0 Å². The number of aromatic nitrogens is 1. The summed E-state index contributed by atoms with van der Waals surface area (Å²) in [5.74, 6) is 1.26. The van der Waals surface area contributed by atoms with Gasteiger partial charge in [-0.2, -0.15) is 0 Å². The van der Waals surface area contributed by atoms with Gasteiger partial charge in [0.25, 0.3) is 0 Å². The fraction of sp³-hybridized carbons (Fsp3) is 0.545. The smallest absolute Gasteiger partial charge is 0.0579 e. The lowest BCUT2D eigenvalue weighted by Crippen LogP contribution is -1.97. The van der Waals surface area contributed by atoms with E-state index in [-0.39, 0.29) is 0 Å². The Hall–Kier alpha value is -0.370. The SMILES string of the molecule is CC(C)c1ccc(Br)c(C2CC2)n1. The second kappa shape index (κ2) is 3.41. The van der Waals surface area contributed by atoms with Crippen molar-refractivity contribution >= 4 is 15.9 Å². The lowest BCUT2D eigenvalue weighted by Gasteiger charge is -2.08. The van der Waals surface area contributed by atoms with E-state index in [2.05, 4.69) is 46.9 Å². The van der Waals surface area contributed by atoms with E-state index >= 15 is 0 Å². The lowest BCUT2D eigenvalue weighted by molar-refractivity contribution is 0.802. The van der Waals surface area contributed by atoms with Gasteiger partial charge in [0.05, 0.1) is 5.69 Å². The molecule has 2 heteroatoms. The number of hydrogen-bond donors (Lipinski definition) is 0. The van der Waals surface area contributed by atoms with Crippen molar-refractivity contribution in [3.8, 4) is 0 Å². The van der Waals surface area contributed by atoms with Crippen molar-refractivity contribution in [1.82, 2.24) is 4.98 Å². The van der Waals surface area contributed by atoms with Crippen molar-refractivity contribution in [1.29, 1.82) is 0 Å². The van der Waals surface area contributed by atoms with Crippen LogP contribution in [0.1, 0.15) is 49.9 Å². The quantitative estimate of drug-likeness (QED) is 0.765. The van der Waals surface area contributed by atoms with Gasteiger partial charge in [-0.05, 0) is 46.8 Å². The van der Waals surface area contributed by atoms with E-state index in [1.807, 2.05) is 0 Å². The van der Waals surface area contributed by atoms with Gasteiger partial charge in [-0.1, -0.05) is 13.8 Å². The molecule has 0 atom stereocenters. The minimum Gasteiger partial charge on any atom is -0.256 e. The van der Waals surface area contributed by atoms with E-state index in [1.54, 1.807) is 0 Å². The van der Waals surface area contributed by atoms with Crippen molar-refractivity contribution in [2.45, 2.75) is 38.5 Å². The Morgan fingerprint density at radius 1 is 1.38 bits per heavy atom. The van der Waals surface area contributed by atoms with Gasteiger partial charge in [0.15, 0.2) is 0 Å². The highest BCUT2D eigenvalue weighted by Gasteiger charge is 2.27. The van der Waals surface area contributed by atoms with Crippen LogP contribution < -0.4 is 0 Å². The monoisotopic (exact) mass is 239 g/mol. The largest absolute Gasteiger partial charge is 0.256 e. The molecule has 1 nitrogen and oxygen atoms in total. The van der Waals surface area contributed by atoms with Gasteiger partial charge in [-0.3, -0.25) is 4.98 Å². The van der Waals surface area contributed by atoms with Crippen LogP contribution in [0.25, 0.3) is 0 Å². The topological polar surface area (TPSA) is 12.9 Å². The Kier molecular flexibility index (Phi) is 2.41. The Labute approximate surface area is 87.7 Å². The van der Waals surface area contributed by atoms with Crippen LogP contribution in [0.5, 0.6) is 0 Å². The van der Waals surface area contributed by atoms with E-state index < -0.39 is 0 Å². The molecule has 0 aromatic carbocycles. The van der Waals surface area contributed by atoms with Crippen molar-refractivity contribution in [2.24, 2.45) is 0 Å². The number of pyridine rings is 1. The highest BCUT2D eigenvalue weighted by Crippen LogP contribution is 2.42. The van der Waals surface area contributed by atoms with Crippen LogP contribution in [-0.4, -0.2) is 4.98 Å². The maximum Gasteiger partial charge on any atom is 0.0579 e. The molecule has 0 bridgehead atoms. The van der Waals surface area contributed by atoms with Gasteiger partial charge in [0.1, 0.15) is 0 Å². The van der Waals surface area contributed by atoms with Crippen molar-refractivity contribution in [2.75, 3.05) is 0 Å². The molecule has 1 aromatic heterocycles. The zero-order valence-electron chi connectivity index (χ0n) is 8.05. The average Bonchev–Trinajstić information content (AvgIpc) is 2.87. The molecule has 0 aliphatic heterocycles. The zero-order chi connectivity index (χ0) is 9.42. The van der Waals surface area contributed by atoms with E-state index in [9.17, 15) is 0 Å². The maximum absolute atomic E-state index is 4.69. The van der Waals surface area contributed by atoms with Gasteiger partial charge >= 0.3 is 0 Å². The summed E-state index contributed by atoms with van der Waals surface area (Å²) in [4.78, 5) is 4.69. The molecule has 1 aliphatic rings. The predicted octanol–water partition coefficient (Wildman–Crippen LogP) is 3.84. The highest BCUT2D eigenvalue weighted by atomic mass is 79.9. The summed E-state index contributed by atoms with van der Waals surface area (Å²) in [6.07, 6.45) is 2.63. The number of halogens is 1. The molecule has 0 radical (unpaired) electrons. The molecule has 1 saturated carbocycles. The fourth-order valence-electron chi connectivity index (χ4n) is 1.44. The van der Waals surface area contributed by atoms with Crippen LogP contribution in [0.15, 0.2) is 16.6 Å². The normalized spacial score (nSPS) is 16.6. The summed E-state index contributed by atoms with van der Waals surface area (Å²) in [6.45, 7) is 4.37. The van der Waals surface area contributed by atoms with E-state index in [0.717, 1.165) is 5.92 Å². The van der Waals surface area contributed by atoms with Crippen molar-refractivity contribution < 1.29 is 0 Å². The molecule has 70 valence electrons. The third-order valence-electron chi connectivity index (χ3n) is 2.45. The fourth-order valence-corrected chi connectivity index (χ4v) is 1.98. The third-order valence-corrected chi connectivity index (χ3v) is 3.12. The summed E-state index contributed by atoms with van der Waals surface area (Å²) in [5, 5.41) is 0. The second-order valence-corrected chi connectivity index (χ2v) is 4.89. The van der Waals surface area contributed by atoms with Crippen molar-refractivity contribution in [3.63, 3.8) is 0 Å². The molecule has 0 N–H and O–H groups in total. The molecule has 0 amide bonds. The molecular formula is C11H14BrN. The first-order valence-electron chi connectivity index (χ1n) is 4.85. The molecule has 1 fully saturated rings. The van der Waals surface area contributed by atoms with Gasteiger partial charge in [0.2, 0.25) is 0 Å². The maximum atomic E-state index is 4.69. The molecule has 13 heavy (non-hydrogen) atoms. The molecule has 1 aromatic rings. The van der Waals surface area contributed by atoms with Crippen LogP contribution in [0.4, 0.5) is 0 Å². The average molecular weight is 240 g/mol. The molecule has 1 aliphatic carbocycles. The summed E-state index contributed by atoms with van der Waals surface area (Å²) in [7, 11) is 0. The van der Waals surface area contributed by atoms with Crippen molar-refractivity contribution in [3.05, 3.63) is 28.0 Å². The Balaban J connectivity index is 2.36. The van der Waals surface area contributed by atoms with Gasteiger partial charge in [-0.15, -0.1) is 0 Å². The predicted molar refractivity (Wildman–Crippen MR) is 58.0 cm³/mol. The zero-order valence-corrected chi connectivity index (χ0v) is 9.63. The van der Waals surface area contributed by atoms with Crippen LogP contribution in [0.2, 0.25) is 0 Å². The standard InChI is InChI=1S/C11H14BrN/c1-7(2)10-6-5-9(12)11(13-10)8-3-4-8/h5-8H,3-4H2,1-2H3. The molecule has 0 saturated heterocycles. The van der Waals surface area contributed by atoms with E-state index in [4.69, 9.17) is 0 Å². The Morgan fingerprint density at radius 3 is 2.62 bits per heavy atom. The van der Waals surface area contributed by atoms with Crippen LogP contribution in [0.3, 0.4) is 0 Å². The molecule has 0 spiro atoms. The minimum atomic E-state index is 0.533. The van der Waals surface area contributed by atoms with Gasteiger partial charge in [0, 0.05) is 16.1 Å².